The Labute approximate surface area is 217 Å². The third-order valence-corrected chi connectivity index (χ3v) is 8.31. The molecule has 3 saturated carbocycles. The number of ether oxygens (including phenoxy) is 2. The van der Waals surface area contributed by atoms with Crippen molar-refractivity contribution in [3.63, 3.8) is 0 Å². The van der Waals surface area contributed by atoms with Gasteiger partial charge in [0.1, 0.15) is 23.7 Å². The van der Waals surface area contributed by atoms with E-state index in [-0.39, 0.29) is 24.8 Å². The van der Waals surface area contributed by atoms with Crippen LogP contribution in [0.25, 0.3) is 11.4 Å². The van der Waals surface area contributed by atoms with Gasteiger partial charge in [-0.2, -0.15) is 0 Å². The fourth-order valence-electron chi connectivity index (χ4n) is 5.27. The number of carbonyl (C=O) groups is 2. The summed E-state index contributed by atoms with van der Waals surface area (Å²) >= 11 is 0. The normalized spacial score (nSPS) is 24.4. The largest absolute Gasteiger partial charge is 0.488 e. The first-order valence-corrected chi connectivity index (χ1v) is 13.4. The number of aryl methyl sites for hydroxylation is 1. The van der Waals surface area contributed by atoms with Crippen LogP contribution in [0.5, 0.6) is 5.75 Å². The number of carbonyl (C=O) groups excluding carboxylic acids is 1. The predicted octanol–water partition coefficient (Wildman–Crippen LogP) is 4.53. The summed E-state index contributed by atoms with van der Waals surface area (Å²) in [7, 11) is 3.55. The molecule has 10 heteroatoms. The van der Waals surface area contributed by atoms with Crippen molar-refractivity contribution in [2.45, 2.75) is 89.9 Å². The van der Waals surface area contributed by atoms with Gasteiger partial charge in [-0.25, -0.2) is 14.5 Å². The molecule has 0 spiro atoms. The van der Waals surface area contributed by atoms with Gasteiger partial charge in [-0.1, -0.05) is 5.21 Å². The van der Waals surface area contributed by atoms with Crippen molar-refractivity contribution in [3.8, 4) is 17.1 Å². The quantitative estimate of drug-likeness (QED) is 0.521. The summed E-state index contributed by atoms with van der Waals surface area (Å²) in [6, 6.07) is 3.93. The number of aliphatic carboxylic acids is 1. The molecule has 37 heavy (non-hydrogen) atoms. The molecule has 5 rings (SSSR count). The molecule has 0 radical (unpaired) electrons. The van der Waals surface area contributed by atoms with Crippen molar-refractivity contribution >= 4 is 12.1 Å². The maximum atomic E-state index is 12.6. The van der Waals surface area contributed by atoms with Crippen molar-refractivity contribution in [2.24, 2.45) is 18.4 Å². The molecule has 0 saturated heterocycles. The number of pyridine rings is 1. The smallest absolute Gasteiger partial charge is 0.410 e. The van der Waals surface area contributed by atoms with Gasteiger partial charge in [-0.05, 0) is 76.8 Å². The summed E-state index contributed by atoms with van der Waals surface area (Å²) in [5.41, 5.74) is 2.04. The lowest BCUT2D eigenvalue weighted by Gasteiger charge is -2.35. The van der Waals surface area contributed by atoms with E-state index in [0.29, 0.717) is 41.8 Å². The van der Waals surface area contributed by atoms with Gasteiger partial charge in [0.15, 0.2) is 0 Å². The second kappa shape index (κ2) is 9.95. The number of aromatic nitrogens is 4. The summed E-state index contributed by atoms with van der Waals surface area (Å²) in [5.74, 6) is 0.836. The van der Waals surface area contributed by atoms with Gasteiger partial charge in [-0.3, -0.25) is 4.79 Å². The molecular formula is C27H37N5O5. The first-order chi connectivity index (χ1) is 17.7. The summed E-state index contributed by atoms with van der Waals surface area (Å²) in [6.07, 6.45) is 6.71. The molecule has 0 unspecified atom stereocenters. The number of hydrogen-bond donors (Lipinski definition) is 1. The zero-order chi connectivity index (χ0) is 26.3. The average molecular weight is 512 g/mol. The molecule has 2 heterocycles. The monoisotopic (exact) mass is 511 g/mol. The van der Waals surface area contributed by atoms with Gasteiger partial charge in [0, 0.05) is 32.5 Å². The molecule has 0 aliphatic heterocycles. The molecule has 1 amide bonds. The van der Waals surface area contributed by atoms with Crippen molar-refractivity contribution < 1.29 is 24.2 Å². The van der Waals surface area contributed by atoms with E-state index in [1.807, 2.05) is 12.1 Å². The minimum Gasteiger partial charge on any atom is -0.488 e. The maximum absolute atomic E-state index is 12.6. The molecule has 2 aromatic rings. The van der Waals surface area contributed by atoms with E-state index in [1.54, 1.807) is 30.6 Å². The van der Waals surface area contributed by atoms with Crippen LogP contribution in [0.15, 0.2) is 12.1 Å². The second-order valence-electron chi connectivity index (χ2n) is 11.3. The van der Waals surface area contributed by atoms with Crippen LogP contribution in [0, 0.1) is 11.3 Å². The van der Waals surface area contributed by atoms with E-state index in [9.17, 15) is 14.7 Å². The fraction of sp³-hybridized carbons (Fsp3) is 0.667. The first-order valence-electron chi connectivity index (χ1n) is 13.4. The van der Waals surface area contributed by atoms with E-state index < -0.39 is 11.4 Å². The number of hydrogen-bond acceptors (Lipinski definition) is 7. The number of rotatable bonds is 9. The van der Waals surface area contributed by atoms with Crippen LogP contribution in [-0.2, 0) is 23.2 Å². The van der Waals surface area contributed by atoms with Crippen molar-refractivity contribution in [2.75, 3.05) is 7.05 Å². The molecule has 3 aliphatic carbocycles. The van der Waals surface area contributed by atoms with E-state index in [1.165, 1.54) is 0 Å². The highest BCUT2D eigenvalue weighted by Crippen LogP contribution is 2.45. The SMILES string of the molecule is C[C@H](C1CC1)N(C)C(=O)OCc1c(-c2ccc(O[C@H]3CCC[C@](C)(C(=O)O)C3)c(C3CC3)n2)nnn1C. The van der Waals surface area contributed by atoms with Gasteiger partial charge in [-0.15, -0.1) is 5.10 Å². The zero-order valence-electron chi connectivity index (χ0n) is 22.1. The third kappa shape index (κ3) is 5.43. The lowest BCUT2D eigenvalue weighted by atomic mass is 9.74. The van der Waals surface area contributed by atoms with Crippen LogP contribution in [0.2, 0.25) is 0 Å². The molecular weight excluding hydrogens is 474 g/mol. The Balaban J connectivity index is 1.32. The highest BCUT2D eigenvalue weighted by atomic mass is 16.6. The van der Waals surface area contributed by atoms with Crippen molar-refractivity contribution in [3.05, 3.63) is 23.5 Å². The number of carboxylic acids is 1. The Morgan fingerprint density at radius 2 is 2.00 bits per heavy atom. The lowest BCUT2D eigenvalue weighted by Crippen LogP contribution is -2.38. The highest BCUT2D eigenvalue weighted by molar-refractivity contribution is 5.74. The standard InChI is InChI=1S/C27H37N5O5/c1-16(17-7-8-17)31(3)26(35)36-15-21-24(29-30-32(21)4)20-11-12-22(23(28-20)18-9-10-18)37-19-6-5-13-27(2,14-19)25(33)34/h11-12,16-19H,5-10,13-15H2,1-4H3,(H,33,34)/t16-,19+,27+/m1/s1. The summed E-state index contributed by atoms with van der Waals surface area (Å²) < 4.78 is 13.6. The Bertz CT molecular complexity index is 1170. The Morgan fingerprint density at radius 1 is 1.24 bits per heavy atom. The van der Waals surface area contributed by atoms with Crippen molar-refractivity contribution in [1.82, 2.24) is 24.9 Å². The first kappa shape index (κ1) is 25.5. The van der Waals surface area contributed by atoms with E-state index in [0.717, 1.165) is 50.0 Å². The van der Waals surface area contributed by atoms with Crippen LogP contribution in [0.1, 0.15) is 82.5 Å². The van der Waals surface area contributed by atoms with Crippen molar-refractivity contribution in [1.29, 1.82) is 0 Å². The van der Waals surface area contributed by atoms with E-state index >= 15 is 0 Å². The highest BCUT2D eigenvalue weighted by Gasteiger charge is 2.40. The Morgan fingerprint density at radius 3 is 2.68 bits per heavy atom. The number of amides is 1. The zero-order valence-corrected chi connectivity index (χ0v) is 22.1. The van der Waals surface area contributed by atoms with E-state index in [2.05, 4.69) is 17.2 Å². The predicted molar refractivity (Wildman–Crippen MR) is 135 cm³/mol. The van der Waals surface area contributed by atoms with Crippen LogP contribution in [0.3, 0.4) is 0 Å². The number of carboxylic acid groups (broad SMARTS) is 1. The molecule has 200 valence electrons. The average Bonchev–Trinajstić information content (AvgIpc) is 3.80. The van der Waals surface area contributed by atoms with Gasteiger partial charge in [0.2, 0.25) is 0 Å². The van der Waals surface area contributed by atoms with Gasteiger partial charge in [0.25, 0.3) is 0 Å². The molecule has 3 aliphatic rings. The maximum Gasteiger partial charge on any atom is 0.410 e. The van der Waals surface area contributed by atoms with Crippen LogP contribution in [-0.4, -0.2) is 61.2 Å². The third-order valence-electron chi connectivity index (χ3n) is 8.31. The molecule has 3 atom stereocenters. The van der Waals surface area contributed by atoms with Crippen LogP contribution in [0.4, 0.5) is 4.79 Å². The van der Waals surface area contributed by atoms with Gasteiger partial charge in [0.05, 0.1) is 22.9 Å². The minimum absolute atomic E-state index is 0.0495. The van der Waals surface area contributed by atoms with Crippen LogP contribution < -0.4 is 4.74 Å². The summed E-state index contributed by atoms with van der Waals surface area (Å²) in [5, 5.41) is 18.2. The molecule has 3 fully saturated rings. The van der Waals surface area contributed by atoms with Gasteiger partial charge < -0.3 is 19.5 Å². The summed E-state index contributed by atoms with van der Waals surface area (Å²) in [4.78, 5) is 31.0. The topological polar surface area (TPSA) is 120 Å². The number of nitrogens with zero attached hydrogens (tertiary/aromatic N) is 5. The molecule has 10 nitrogen and oxygen atoms in total. The van der Waals surface area contributed by atoms with Crippen LogP contribution >= 0.6 is 0 Å². The summed E-state index contributed by atoms with van der Waals surface area (Å²) in [6.45, 7) is 3.91. The molecule has 1 N–H and O–H groups in total. The second-order valence-corrected chi connectivity index (χ2v) is 11.3. The molecule has 0 bridgehead atoms. The fourth-order valence-corrected chi connectivity index (χ4v) is 5.27. The minimum atomic E-state index is -0.763. The van der Waals surface area contributed by atoms with Gasteiger partial charge >= 0.3 is 12.1 Å². The lowest BCUT2D eigenvalue weighted by molar-refractivity contribution is -0.151. The Hall–Kier alpha value is -3.17. The molecule has 2 aromatic heterocycles. The molecule has 0 aromatic carbocycles. The van der Waals surface area contributed by atoms with E-state index in [4.69, 9.17) is 14.5 Å². The Kier molecular flexibility index (Phi) is 6.85.